The maximum atomic E-state index is 5.35. The van der Waals surface area contributed by atoms with Crippen LogP contribution in [-0.4, -0.2) is 49.8 Å². The number of nitrogens with zero attached hydrogens (tertiary/aromatic N) is 1. The van der Waals surface area contributed by atoms with E-state index in [-0.39, 0.29) is 0 Å². The Labute approximate surface area is 107 Å². The first-order chi connectivity index (χ1) is 8.15. The average molecular weight is 242 g/mol. The summed E-state index contributed by atoms with van der Waals surface area (Å²) in [5.74, 6) is 0.717. The molecule has 1 fully saturated rings. The number of methoxy groups -OCH3 is 1. The Bertz CT molecular complexity index is 210. The van der Waals surface area contributed by atoms with Gasteiger partial charge in [0.25, 0.3) is 0 Å². The molecule has 3 nitrogen and oxygen atoms in total. The van der Waals surface area contributed by atoms with Crippen LogP contribution in [0.4, 0.5) is 0 Å². The molecule has 0 radical (unpaired) electrons. The highest BCUT2D eigenvalue weighted by atomic mass is 16.5. The van der Waals surface area contributed by atoms with E-state index in [1.807, 2.05) is 7.11 Å². The van der Waals surface area contributed by atoms with Crippen molar-refractivity contribution in [1.29, 1.82) is 0 Å². The molecule has 3 heteroatoms. The van der Waals surface area contributed by atoms with Crippen molar-refractivity contribution >= 4 is 0 Å². The van der Waals surface area contributed by atoms with Gasteiger partial charge in [-0.15, -0.1) is 0 Å². The molecule has 0 aromatic heterocycles. The summed E-state index contributed by atoms with van der Waals surface area (Å²) in [5, 5.41) is 3.62. The summed E-state index contributed by atoms with van der Waals surface area (Å²) in [4.78, 5) is 2.64. The van der Waals surface area contributed by atoms with Gasteiger partial charge in [0, 0.05) is 31.8 Å². The molecule has 1 heterocycles. The predicted octanol–water partition coefficient (Wildman–Crippen LogP) is 2.12. The van der Waals surface area contributed by atoms with Gasteiger partial charge < -0.3 is 10.1 Å². The third kappa shape index (κ3) is 3.67. The lowest BCUT2D eigenvalue weighted by Crippen LogP contribution is -2.57. The number of ether oxygens (including phenoxy) is 1. The number of rotatable bonds is 6. The van der Waals surface area contributed by atoms with E-state index in [1.54, 1.807) is 0 Å². The molecular weight excluding hydrogens is 212 g/mol. The summed E-state index contributed by atoms with van der Waals surface area (Å²) in [7, 11) is 1.81. The van der Waals surface area contributed by atoms with Gasteiger partial charge >= 0.3 is 0 Å². The second-order valence-corrected chi connectivity index (χ2v) is 5.31. The van der Waals surface area contributed by atoms with Crippen molar-refractivity contribution in [2.75, 3.05) is 26.8 Å². The Kier molecular flexibility index (Phi) is 6.45. The van der Waals surface area contributed by atoms with E-state index < -0.39 is 0 Å². The number of nitrogens with one attached hydrogen (secondary N) is 1. The Morgan fingerprint density at radius 2 is 2.06 bits per heavy atom. The van der Waals surface area contributed by atoms with E-state index in [0.717, 1.165) is 19.1 Å². The topological polar surface area (TPSA) is 24.5 Å². The highest BCUT2D eigenvalue weighted by Gasteiger charge is 2.34. The summed E-state index contributed by atoms with van der Waals surface area (Å²) in [6, 6.07) is 1.92. The van der Waals surface area contributed by atoms with E-state index in [2.05, 4.69) is 37.9 Å². The highest BCUT2D eigenvalue weighted by Crippen LogP contribution is 2.26. The Balaban J connectivity index is 2.59. The number of hydrogen-bond donors (Lipinski definition) is 1. The Morgan fingerprint density at radius 1 is 1.35 bits per heavy atom. The molecule has 102 valence electrons. The molecule has 1 aliphatic heterocycles. The SMILES string of the molecule is CCNC1CCN(C(CC)COC)C(C)C1C. The van der Waals surface area contributed by atoms with Gasteiger partial charge in [0.2, 0.25) is 0 Å². The normalized spacial score (nSPS) is 32.6. The van der Waals surface area contributed by atoms with Gasteiger partial charge in [-0.25, -0.2) is 0 Å². The zero-order valence-corrected chi connectivity index (χ0v) is 12.2. The lowest BCUT2D eigenvalue weighted by Gasteiger charge is -2.46. The summed E-state index contributed by atoms with van der Waals surface area (Å²) in [5.41, 5.74) is 0. The molecule has 0 aromatic carbocycles. The van der Waals surface area contributed by atoms with Crippen molar-refractivity contribution in [3.05, 3.63) is 0 Å². The van der Waals surface area contributed by atoms with Gasteiger partial charge in [-0.1, -0.05) is 20.8 Å². The monoisotopic (exact) mass is 242 g/mol. The second kappa shape index (κ2) is 7.34. The molecule has 0 saturated carbocycles. The van der Waals surface area contributed by atoms with Crippen LogP contribution in [0, 0.1) is 5.92 Å². The lowest BCUT2D eigenvalue weighted by molar-refractivity contribution is 0.0107. The summed E-state index contributed by atoms with van der Waals surface area (Å²) in [6.45, 7) is 12.3. The summed E-state index contributed by atoms with van der Waals surface area (Å²) < 4.78 is 5.35. The van der Waals surface area contributed by atoms with E-state index in [9.17, 15) is 0 Å². The minimum absolute atomic E-state index is 0.583. The Hall–Kier alpha value is -0.120. The lowest BCUT2D eigenvalue weighted by atomic mass is 9.85. The van der Waals surface area contributed by atoms with E-state index in [0.29, 0.717) is 18.1 Å². The minimum atomic E-state index is 0.583. The first-order valence-corrected chi connectivity index (χ1v) is 7.13. The van der Waals surface area contributed by atoms with Crippen LogP contribution < -0.4 is 5.32 Å². The van der Waals surface area contributed by atoms with Gasteiger partial charge in [0.1, 0.15) is 0 Å². The van der Waals surface area contributed by atoms with Gasteiger partial charge in [-0.3, -0.25) is 4.90 Å². The van der Waals surface area contributed by atoms with Crippen molar-refractivity contribution in [2.45, 2.75) is 58.7 Å². The van der Waals surface area contributed by atoms with Crippen LogP contribution in [0.3, 0.4) is 0 Å². The molecule has 0 spiro atoms. The van der Waals surface area contributed by atoms with E-state index in [4.69, 9.17) is 4.74 Å². The average Bonchev–Trinajstić information content (AvgIpc) is 2.33. The molecule has 4 unspecified atom stereocenters. The van der Waals surface area contributed by atoms with Crippen molar-refractivity contribution in [1.82, 2.24) is 10.2 Å². The summed E-state index contributed by atoms with van der Waals surface area (Å²) in [6.07, 6.45) is 2.44. The van der Waals surface area contributed by atoms with Crippen molar-refractivity contribution < 1.29 is 4.74 Å². The standard InChI is InChI=1S/C14H30N2O/c1-6-13(10-17-5)16-9-8-14(15-7-2)11(3)12(16)4/h11-15H,6-10H2,1-5H3. The molecular formula is C14H30N2O. The van der Waals surface area contributed by atoms with Crippen LogP contribution >= 0.6 is 0 Å². The van der Waals surface area contributed by atoms with Gasteiger partial charge in [0.15, 0.2) is 0 Å². The molecule has 0 aliphatic carbocycles. The number of likely N-dealkylation sites (tertiary alicyclic amines) is 1. The van der Waals surface area contributed by atoms with Crippen LogP contribution in [-0.2, 0) is 4.74 Å². The van der Waals surface area contributed by atoms with E-state index >= 15 is 0 Å². The van der Waals surface area contributed by atoms with Crippen LogP contribution in [0.25, 0.3) is 0 Å². The number of piperidine rings is 1. The fourth-order valence-electron chi connectivity index (χ4n) is 3.10. The highest BCUT2D eigenvalue weighted by molar-refractivity contribution is 4.91. The van der Waals surface area contributed by atoms with Crippen molar-refractivity contribution in [3.8, 4) is 0 Å². The largest absolute Gasteiger partial charge is 0.383 e. The first-order valence-electron chi connectivity index (χ1n) is 7.13. The molecule has 17 heavy (non-hydrogen) atoms. The van der Waals surface area contributed by atoms with Crippen LogP contribution in [0.1, 0.15) is 40.5 Å². The summed E-state index contributed by atoms with van der Waals surface area (Å²) >= 11 is 0. The zero-order chi connectivity index (χ0) is 12.8. The van der Waals surface area contributed by atoms with Gasteiger partial charge in [-0.05, 0) is 32.2 Å². The fourth-order valence-corrected chi connectivity index (χ4v) is 3.10. The zero-order valence-electron chi connectivity index (χ0n) is 12.2. The van der Waals surface area contributed by atoms with Crippen molar-refractivity contribution in [2.24, 2.45) is 5.92 Å². The fraction of sp³-hybridized carbons (Fsp3) is 1.00. The molecule has 1 saturated heterocycles. The van der Waals surface area contributed by atoms with Gasteiger partial charge in [0.05, 0.1) is 6.61 Å². The third-order valence-electron chi connectivity index (χ3n) is 4.38. The Morgan fingerprint density at radius 3 is 2.59 bits per heavy atom. The van der Waals surface area contributed by atoms with Crippen molar-refractivity contribution in [3.63, 3.8) is 0 Å². The molecule has 1 N–H and O–H groups in total. The molecule has 0 bridgehead atoms. The quantitative estimate of drug-likeness (QED) is 0.772. The number of hydrogen-bond acceptors (Lipinski definition) is 3. The molecule has 0 amide bonds. The van der Waals surface area contributed by atoms with Gasteiger partial charge in [-0.2, -0.15) is 0 Å². The van der Waals surface area contributed by atoms with Crippen LogP contribution in [0.2, 0.25) is 0 Å². The van der Waals surface area contributed by atoms with E-state index in [1.165, 1.54) is 19.4 Å². The second-order valence-electron chi connectivity index (χ2n) is 5.31. The third-order valence-corrected chi connectivity index (χ3v) is 4.38. The minimum Gasteiger partial charge on any atom is -0.383 e. The predicted molar refractivity (Wildman–Crippen MR) is 73.4 cm³/mol. The van der Waals surface area contributed by atoms with Crippen LogP contribution in [0.15, 0.2) is 0 Å². The van der Waals surface area contributed by atoms with Crippen LogP contribution in [0.5, 0.6) is 0 Å². The maximum absolute atomic E-state index is 5.35. The maximum Gasteiger partial charge on any atom is 0.0618 e. The molecule has 1 rings (SSSR count). The molecule has 4 atom stereocenters. The smallest absolute Gasteiger partial charge is 0.0618 e. The first kappa shape index (κ1) is 14.9. The molecule has 1 aliphatic rings. The molecule has 0 aromatic rings.